The van der Waals surface area contributed by atoms with Crippen molar-refractivity contribution in [3.05, 3.63) is 34.6 Å². The molecule has 0 aromatic carbocycles. The molecule has 1 aromatic rings. The highest BCUT2D eigenvalue weighted by Gasteiger charge is 2.62. The first-order valence-electron chi connectivity index (χ1n) is 10.4. The van der Waals surface area contributed by atoms with Crippen molar-refractivity contribution in [3.63, 3.8) is 0 Å². The van der Waals surface area contributed by atoms with Crippen LogP contribution in [0.2, 0.25) is 0 Å². The van der Waals surface area contributed by atoms with Crippen LogP contribution in [-0.4, -0.2) is 33.3 Å². The molecule has 0 aliphatic heterocycles. The molecule has 158 valence electrons. The van der Waals surface area contributed by atoms with Crippen LogP contribution < -0.4 is 0 Å². The molecule has 0 spiro atoms. The summed E-state index contributed by atoms with van der Waals surface area (Å²) in [6, 6.07) is 0. The Bertz CT molecular complexity index is 1060. The van der Waals surface area contributed by atoms with Crippen LogP contribution in [0.5, 0.6) is 0 Å². The van der Waals surface area contributed by atoms with Crippen molar-refractivity contribution >= 4 is 23.1 Å². The number of carbonyl (C=O) groups excluding carboxylic acids is 4. The number of fused-ring (bicyclic) bond motifs is 2. The summed E-state index contributed by atoms with van der Waals surface area (Å²) >= 11 is 0. The fraction of sp³-hybridized carbons (Fsp3) is 0.565. The van der Waals surface area contributed by atoms with Crippen molar-refractivity contribution in [1.82, 2.24) is 10.2 Å². The van der Waals surface area contributed by atoms with Crippen LogP contribution in [0.25, 0.3) is 0 Å². The van der Waals surface area contributed by atoms with Gasteiger partial charge in [0.2, 0.25) is 23.2 Å². The van der Waals surface area contributed by atoms with Crippen molar-refractivity contribution in [2.24, 2.45) is 17.3 Å². The summed E-state index contributed by atoms with van der Waals surface area (Å²) < 4.78 is 5.78. The number of hydrogen-bond donors (Lipinski definition) is 0. The highest BCUT2D eigenvalue weighted by molar-refractivity contribution is 6.51. The first-order chi connectivity index (χ1) is 14.0. The zero-order chi connectivity index (χ0) is 22.0. The van der Waals surface area contributed by atoms with Crippen LogP contribution in [0.15, 0.2) is 27.2 Å². The molecule has 4 rings (SSSR count). The van der Waals surface area contributed by atoms with E-state index in [1.807, 2.05) is 13.8 Å². The SMILES string of the molecule is CC(=O)c1nnc([C@]23CCCC(C)(C)[C@@H]2CC(=O)C2=C3C(=O)C(=O)C(C(C)C)=C2)o1. The largest absolute Gasteiger partial charge is 0.417 e. The van der Waals surface area contributed by atoms with Gasteiger partial charge < -0.3 is 4.42 Å². The standard InChI is InChI=1S/C23H26N2O5/c1-11(2)13-9-14-15(27)10-16-22(4,5)7-6-8-23(16,17(14)19(29)18(13)28)21-25-24-20(30-21)12(3)26/h9,11,16H,6-8,10H2,1-5H3/t16-,23+/m0/s1. The van der Waals surface area contributed by atoms with Crippen molar-refractivity contribution < 1.29 is 23.6 Å². The Balaban J connectivity index is 2.05. The Morgan fingerprint density at radius 3 is 2.43 bits per heavy atom. The average molecular weight is 410 g/mol. The Hall–Kier alpha value is -2.70. The third-order valence-corrected chi connectivity index (χ3v) is 7.06. The molecular weight excluding hydrogens is 384 g/mol. The molecule has 30 heavy (non-hydrogen) atoms. The minimum atomic E-state index is -1.04. The molecule has 1 saturated carbocycles. The maximum Gasteiger partial charge on any atom is 0.283 e. The van der Waals surface area contributed by atoms with Crippen molar-refractivity contribution in [1.29, 1.82) is 0 Å². The normalized spacial score (nSPS) is 28.4. The molecule has 0 bridgehead atoms. The number of aromatic nitrogens is 2. The summed E-state index contributed by atoms with van der Waals surface area (Å²) in [6.45, 7) is 9.12. The number of hydrogen-bond acceptors (Lipinski definition) is 7. The van der Waals surface area contributed by atoms with Crippen molar-refractivity contribution in [3.8, 4) is 0 Å². The smallest absolute Gasteiger partial charge is 0.283 e. The number of ketones is 4. The van der Waals surface area contributed by atoms with Crippen LogP contribution in [0.4, 0.5) is 0 Å². The van der Waals surface area contributed by atoms with Gasteiger partial charge in [-0.3, -0.25) is 19.2 Å². The predicted octanol–water partition coefficient (Wildman–Crippen LogP) is 3.34. The van der Waals surface area contributed by atoms with E-state index < -0.39 is 17.0 Å². The van der Waals surface area contributed by atoms with E-state index in [-0.39, 0.29) is 52.6 Å². The second-order valence-electron chi connectivity index (χ2n) is 9.66. The zero-order valence-electron chi connectivity index (χ0n) is 18.0. The first-order valence-corrected chi connectivity index (χ1v) is 10.4. The second kappa shape index (κ2) is 6.65. The molecule has 1 fully saturated rings. The summed E-state index contributed by atoms with van der Waals surface area (Å²) in [7, 11) is 0. The van der Waals surface area contributed by atoms with Crippen molar-refractivity contribution in [2.75, 3.05) is 0 Å². The van der Waals surface area contributed by atoms with Gasteiger partial charge in [0.25, 0.3) is 5.89 Å². The van der Waals surface area contributed by atoms with Crippen molar-refractivity contribution in [2.45, 2.75) is 65.7 Å². The number of allylic oxidation sites excluding steroid dienone is 4. The molecule has 1 aromatic heterocycles. The second-order valence-corrected chi connectivity index (χ2v) is 9.66. The molecule has 0 saturated heterocycles. The molecule has 3 aliphatic carbocycles. The van der Waals surface area contributed by atoms with Gasteiger partial charge in [-0.25, -0.2) is 0 Å². The topological polar surface area (TPSA) is 107 Å². The van der Waals surface area contributed by atoms with Gasteiger partial charge in [-0.15, -0.1) is 10.2 Å². The summed E-state index contributed by atoms with van der Waals surface area (Å²) in [5.74, 6) is -2.16. The lowest BCUT2D eigenvalue weighted by Crippen LogP contribution is -2.55. The number of carbonyl (C=O) groups is 4. The molecule has 7 nitrogen and oxygen atoms in total. The third-order valence-electron chi connectivity index (χ3n) is 7.06. The van der Waals surface area contributed by atoms with Gasteiger partial charge in [-0.2, -0.15) is 0 Å². The van der Waals surface area contributed by atoms with Gasteiger partial charge >= 0.3 is 0 Å². The van der Waals surface area contributed by atoms with E-state index >= 15 is 0 Å². The van der Waals surface area contributed by atoms with Crippen LogP contribution in [0, 0.1) is 17.3 Å². The minimum Gasteiger partial charge on any atom is -0.417 e. The summed E-state index contributed by atoms with van der Waals surface area (Å²) in [6.07, 6.45) is 3.98. The van der Waals surface area contributed by atoms with Gasteiger partial charge in [-0.1, -0.05) is 34.1 Å². The van der Waals surface area contributed by atoms with E-state index in [9.17, 15) is 19.2 Å². The third kappa shape index (κ3) is 2.71. The fourth-order valence-corrected chi connectivity index (χ4v) is 5.54. The number of nitrogens with zero attached hydrogens (tertiary/aromatic N) is 2. The monoisotopic (exact) mass is 410 g/mol. The maximum atomic E-state index is 13.4. The lowest BCUT2D eigenvalue weighted by molar-refractivity contribution is -0.135. The summed E-state index contributed by atoms with van der Waals surface area (Å²) in [5.41, 5.74) is -0.504. The summed E-state index contributed by atoms with van der Waals surface area (Å²) in [4.78, 5) is 51.4. The van der Waals surface area contributed by atoms with Crippen LogP contribution in [0.3, 0.4) is 0 Å². The van der Waals surface area contributed by atoms with Gasteiger partial charge in [0.1, 0.15) is 0 Å². The molecular formula is C23H26N2O5. The summed E-state index contributed by atoms with van der Waals surface area (Å²) in [5, 5.41) is 8.05. The Labute approximate surface area is 175 Å². The first kappa shape index (κ1) is 20.6. The van der Waals surface area contributed by atoms with Crippen LogP contribution in [-0.2, 0) is 19.8 Å². The van der Waals surface area contributed by atoms with E-state index in [0.717, 1.165) is 12.8 Å². The van der Waals surface area contributed by atoms with E-state index in [1.54, 1.807) is 6.08 Å². The minimum absolute atomic E-state index is 0.131. The van der Waals surface area contributed by atoms with Crippen LogP contribution in [0.1, 0.15) is 76.9 Å². The average Bonchev–Trinajstić information content (AvgIpc) is 3.16. The van der Waals surface area contributed by atoms with E-state index in [4.69, 9.17) is 4.42 Å². The maximum absolute atomic E-state index is 13.4. The van der Waals surface area contributed by atoms with Gasteiger partial charge in [0.05, 0.1) is 5.41 Å². The Morgan fingerprint density at radius 2 is 1.83 bits per heavy atom. The molecule has 0 unspecified atom stereocenters. The predicted molar refractivity (Wildman–Crippen MR) is 107 cm³/mol. The van der Waals surface area contributed by atoms with Crippen LogP contribution >= 0.6 is 0 Å². The van der Waals surface area contributed by atoms with E-state index in [2.05, 4.69) is 24.0 Å². The Morgan fingerprint density at radius 1 is 1.13 bits per heavy atom. The number of rotatable bonds is 3. The van der Waals surface area contributed by atoms with Gasteiger partial charge in [0.15, 0.2) is 5.78 Å². The molecule has 0 N–H and O–H groups in total. The van der Waals surface area contributed by atoms with Gasteiger partial charge in [0, 0.05) is 30.1 Å². The molecule has 3 aliphatic rings. The zero-order valence-corrected chi connectivity index (χ0v) is 18.0. The Kier molecular flexibility index (Phi) is 4.56. The highest BCUT2D eigenvalue weighted by Crippen LogP contribution is 2.60. The fourth-order valence-electron chi connectivity index (χ4n) is 5.54. The lowest BCUT2D eigenvalue weighted by atomic mass is 9.48. The lowest BCUT2D eigenvalue weighted by Gasteiger charge is -2.53. The quantitative estimate of drug-likeness (QED) is 0.427. The highest BCUT2D eigenvalue weighted by atomic mass is 16.4. The van der Waals surface area contributed by atoms with Gasteiger partial charge in [-0.05, 0) is 36.2 Å². The molecule has 0 radical (unpaired) electrons. The molecule has 1 heterocycles. The molecule has 2 atom stereocenters. The number of Topliss-reactive ketones (excluding diaryl/α,β-unsaturated/α-hetero) is 4. The van der Waals surface area contributed by atoms with E-state index in [0.29, 0.717) is 17.6 Å². The van der Waals surface area contributed by atoms with E-state index in [1.165, 1.54) is 6.92 Å². The molecule has 7 heteroatoms. The molecule has 0 amide bonds.